The topological polar surface area (TPSA) is 50.1 Å². The summed E-state index contributed by atoms with van der Waals surface area (Å²) in [4.78, 5) is 12.9. The zero-order chi connectivity index (χ0) is 17.7. The smallest absolute Gasteiger partial charge is 0.138 e. The second kappa shape index (κ2) is 11.8. The highest BCUT2D eigenvalue weighted by atomic mass is 16.5. The number of ketones is 1. The SMILES string of the molecule is N#CCCO[C@H](c1ccccc1)[C@H]1CCCCCCCCCCC1=O. The lowest BCUT2D eigenvalue weighted by Crippen LogP contribution is -2.25. The maximum atomic E-state index is 12.9. The van der Waals surface area contributed by atoms with Crippen LogP contribution in [0.5, 0.6) is 0 Å². The third kappa shape index (κ3) is 7.00. The summed E-state index contributed by atoms with van der Waals surface area (Å²) in [7, 11) is 0. The number of hydrogen-bond donors (Lipinski definition) is 0. The molecule has 1 aliphatic carbocycles. The van der Waals surface area contributed by atoms with Gasteiger partial charge in [-0.05, 0) is 18.4 Å². The van der Waals surface area contributed by atoms with Gasteiger partial charge in [-0.2, -0.15) is 5.26 Å². The summed E-state index contributed by atoms with van der Waals surface area (Å²) in [5, 5.41) is 8.82. The van der Waals surface area contributed by atoms with Crippen molar-refractivity contribution in [3.8, 4) is 6.07 Å². The number of ether oxygens (including phenoxy) is 1. The molecule has 3 heteroatoms. The van der Waals surface area contributed by atoms with Crippen molar-refractivity contribution in [3.05, 3.63) is 35.9 Å². The molecule has 1 aromatic carbocycles. The number of nitrogens with zero attached hydrogens (tertiary/aromatic N) is 1. The highest BCUT2D eigenvalue weighted by Crippen LogP contribution is 2.33. The Kier molecular flexibility index (Phi) is 9.29. The third-order valence-corrected chi connectivity index (χ3v) is 5.11. The minimum Gasteiger partial charge on any atom is -0.372 e. The first-order chi connectivity index (χ1) is 12.3. The molecule has 0 amide bonds. The van der Waals surface area contributed by atoms with E-state index in [1.54, 1.807) is 0 Å². The molecule has 0 aromatic heterocycles. The van der Waals surface area contributed by atoms with Gasteiger partial charge in [0, 0.05) is 12.3 Å². The number of Topliss-reactive ketones (excluding diaryl/α,β-unsaturated/α-hetero) is 1. The van der Waals surface area contributed by atoms with Crippen LogP contribution >= 0.6 is 0 Å². The number of hydrogen-bond acceptors (Lipinski definition) is 3. The Bertz CT molecular complexity index is 535. The van der Waals surface area contributed by atoms with Crippen molar-refractivity contribution >= 4 is 5.78 Å². The van der Waals surface area contributed by atoms with Gasteiger partial charge in [0.1, 0.15) is 5.78 Å². The van der Waals surface area contributed by atoms with Crippen molar-refractivity contribution in [2.24, 2.45) is 5.92 Å². The van der Waals surface area contributed by atoms with E-state index < -0.39 is 0 Å². The Morgan fingerprint density at radius 3 is 2.32 bits per heavy atom. The fourth-order valence-electron chi connectivity index (χ4n) is 3.71. The molecule has 0 unspecified atom stereocenters. The van der Waals surface area contributed by atoms with Crippen molar-refractivity contribution in [2.75, 3.05) is 6.61 Å². The summed E-state index contributed by atoms with van der Waals surface area (Å²) >= 11 is 0. The van der Waals surface area contributed by atoms with Gasteiger partial charge in [-0.15, -0.1) is 0 Å². The van der Waals surface area contributed by atoms with Gasteiger partial charge in [-0.25, -0.2) is 0 Å². The number of nitriles is 1. The fourth-order valence-corrected chi connectivity index (χ4v) is 3.71. The second-order valence-electron chi connectivity index (χ2n) is 7.05. The van der Waals surface area contributed by atoms with Crippen LogP contribution in [-0.2, 0) is 9.53 Å². The largest absolute Gasteiger partial charge is 0.372 e. The van der Waals surface area contributed by atoms with Gasteiger partial charge >= 0.3 is 0 Å². The molecule has 25 heavy (non-hydrogen) atoms. The van der Waals surface area contributed by atoms with Gasteiger partial charge in [0.25, 0.3) is 0 Å². The van der Waals surface area contributed by atoms with E-state index in [0.717, 1.165) is 31.2 Å². The van der Waals surface area contributed by atoms with Crippen molar-refractivity contribution in [2.45, 2.75) is 76.7 Å². The first kappa shape index (κ1) is 19.7. The zero-order valence-electron chi connectivity index (χ0n) is 15.3. The molecule has 1 aliphatic rings. The van der Waals surface area contributed by atoms with Gasteiger partial charge in [0.15, 0.2) is 0 Å². The molecule has 1 aromatic rings. The summed E-state index contributed by atoms with van der Waals surface area (Å²) < 4.78 is 6.06. The predicted octanol–water partition coefficient (Wildman–Crippen LogP) is 5.76. The average molecular weight is 341 g/mol. The minimum atomic E-state index is -0.218. The monoisotopic (exact) mass is 341 g/mol. The van der Waals surface area contributed by atoms with Crippen LogP contribution in [0, 0.1) is 17.2 Å². The predicted molar refractivity (Wildman–Crippen MR) is 100 cm³/mol. The van der Waals surface area contributed by atoms with Gasteiger partial charge in [-0.3, -0.25) is 4.79 Å². The minimum absolute atomic E-state index is 0.0829. The molecule has 3 nitrogen and oxygen atoms in total. The van der Waals surface area contributed by atoms with Crippen LogP contribution < -0.4 is 0 Å². The highest BCUT2D eigenvalue weighted by Gasteiger charge is 2.29. The lowest BCUT2D eigenvalue weighted by atomic mass is 9.84. The molecular formula is C22H31NO2. The van der Waals surface area contributed by atoms with Crippen LogP contribution in [0.3, 0.4) is 0 Å². The van der Waals surface area contributed by atoms with E-state index >= 15 is 0 Å². The van der Waals surface area contributed by atoms with Crippen molar-refractivity contribution in [3.63, 3.8) is 0 Å². The van der Waals surface area contributed by atoms with Crippen LogP contribution in [0.15, 0.2) is 30.3 Å². The molecule has 0 radical (unpaired) electrons. The fraction of sp³-hybridized carbons (Fsp3) is 0.636. The van der Waals surface area contributed by atoms with E-state index in [-0.39, 0.29) is 12.0 Å². The molecule has 0 aliphatic heterocycles. The summed E-state index contributed by atoms with van der Waals surface area (Å²) in [6.07, 6.45) is 11.3. The quantitative estimate of drug-likeness (QED) is 0.640. The maximum absolute atomic E-state index is 12.9. The van der Waals surface area contributed by atoms with E-state index in [2.05, 4.69) is 6.07 Å². The Balaban J connectivity index is 2.13. The normalized spacial score (nSPS) is 21.6. The summed E-state index contributed by atoms with van der Waals surface area (Å²) in [5.41, 5.74) is 1.06. The Hall–Kier alpha value is -1.66. The first-order valence-electron chi connectivity index (χ1n) is 9.89. The highest BCUT2D eigenvalue weighted by molar-refractivity contribution is 5.81. The summed E-state index contributed by atoms with van der Waals surface area (Å²) in [5.74, 6) is 0.256. The average Bonchev–Trinajstić information content (AvgIpc) is 2.63. The lowest BCUT2D eigenvalue weighted by molar-refractivity contribution is -0.129. The van der Waals surface area contributed by atoms with Crippen LogP contribution in [0.4, 0.5) is 0 Å². The maximum Gasteiger partial charge on any atom is 0.138 e. The Labute approximate surface area is 152 Å². The standard InChI is InChI=1S/C22H31NO2/c23-17-12-18-25-22(19-13-8-7-9-14-19)20-15-10-5-3-1-2-4-6-11-16-21(20)24/h7-9,13-14,20,22H,1-6,10-12,15-16,18H2/t20-,22+/m0/s1. The summed E-state index contributed by atoms with van der Waals surface area (Å²) in [6.45, 7) is 0.389. The molecule has 0 heterocycles. The Morgan fingerprint density at radius 2 is 1.64 bits per heavy atom. The molecule has 2 rings (SSSR count). The number of carbonyl (C=O) groups is 1. The van der Waals surface area contributed by atoms with E-state index in [0.29, 0.717) is 25.2 Å². The van der Waals surface area contributed by atoms with Crippen LogP contribution in [0.25, 0.3) is 0 Å². The van der Waals surface area contributed by atoms with Crippen molar-refractivity contribution in [1.82, 2.24) is 0 Å². The molecule has 1 fully saturated rings. The molecule has 0 bridgehead atoms. The van der Waals surface area contributed by atoms with Gasteiger partial charge < -0.3 is 4.74 Å². The Morgan fingerprint density at radius 1 is 1.00 bits per heavy atom. The van der Waals surface area contributed by atoms with E-state index in [1.807, 2.05) is 30.3 Å². The van der Waals surface area contributed by atoms with E-state index in [9.17, 15) is 4.79 Å². The molecule has 0 spiro atoms. The lowest BCUT2D eigenvalue weighted by Gasteiger charge is -2.27. The van der Waals surface area contributed by atoms with Gasteiger partial charge in [-0.1, -0.05) is 75.3 Å². The molecule has 2 atom stereocenters. The van der Waals surface area contributed by atoms with Crippen LogP contribution in [0.1, 0.15) is 82.3 Å². The van der Waals surface area contributed by atoms with Crippen LogP contribution in [-0.4, -0.2) is 12.4 Å². The van der Waals surface area contributed by atoms with Crippen molar-refractivity contribution in [1.29, 1.82) is 5.26 Å². The molecule has 0 N–H and O–H groups in total. The first-order valence-corrected chi connectivity index (χ1v) is 9.89. The number of benzene rings is 1. The van der Waals surface area contributed by atoms with Gasteiger partial charge in [0.05, 0.1) is 25.2 Å². The molecule has 136 valence electrons. The third-order valence-electron chi connectivity index (χ3n) is 5.11. The van der Waals surface area contributed by atoms with Crippen LogP contribution in [0.2, 0.25) is 0 Å². The number of carbonyl (C=O) groups excluding carboxylic acids is 1. The zero-order valence-corrected chi connectivity index (χ0v) is 15.3. The number of rotatable bonds is 5. The van der Waals surface area contributed by atoms with E-state index in [4.69, 9.17) is 10.00 Å². The summed E-state index contributed by atoms with van der Waals surface area (Å²) in [6, 6.07) is 12.2. The second-order valence-corrected chi connectivity index (χ2v) is 7.05. The van der Waals surface area contributed by atoms with Gasteiger partial charge in [0.2, 0.25) is 0 Å². The molecular weight excluding hydrogens is 310 g/mol. The van der Waals surface area contributed by atoms with E-state index in [1.165, 1.54) is 32.1 Å². The molecule has 0 saturated heterocycles. The molecule has 1 saturated carbocycles. The van der Waals surface area contributed by atoms with Crippen molar-refractivity contribution < 1.29 is 9.53 Å².